The number of alkyl halides is 6. The highest BCUT2D eigenvalue weighted by Crippen LogP contribution is 2.38. The SMILES string of the molecule is CCOC(=O)Cc1cc(C(F)(F)F)cc(-c2ccc(C(F)(F)F)cc2C(CC)NC(=O)NCc2ccccc2)n1. The fourth-order valence-electron chi connectivity index (χ4n) is 3.99. The van der Waals surface area contributed by atoms with E-state index in [9.17, 15) is 35.9 Å². The Labute approximate surface area is 226 Å². The molecule has 3 rings (SSSR count). The highest BCUT2D eigenvalue weighted by molar-refractivity contribution is 5.76. The van der Waals surface area contributed by atoms with Gasteiger partial charge in [0.05, 0.1) is 41.6 Å². The molecule has 6 nitrogen and oxygen atoms in total. The van der Waals surface area contributed by atoms with Gasteiger partial charge in [0, 0.05) is 12.1 Å². The minimum Gasteiger partial charge on any atom is -0.466 e. The number of aromatic nitrogens is 1. The van der Waals surface area contributed by atoms with Crippen molar-refractivity contribution in [1.29, 1.82) is 0 Å². The van der Waals surface area contributed by atoms with E-state index in [0.717, 1.165) is 23.8 Å². The van der Waals surface area contributed by atoms with Crippen LogP contribution >= 0.6 is 0 Å². The van der Waals surface area contributed by atoms with Crippen molar-refractivity contribution in [1.82, 2.24) is 15.6 Å². The Hall–Kier alpha value is -4.09. The van der Waals surface area contributed by atoms with Crippen LogP contribution in [-0.4, -0.2) is 23.6 Å². The lowest BCUT2D eigenvalue weighted by Gasteiger charge is -2.23. The Morgan fingerprint density at radius 1 is 0.900 bits per heavy atom. The van der Waals surface area contributed by atoms with Gasteiger partial charge in [-0.15, -0.1) is 0 Å². The van der Waals surface area contributed by atoms with Gasteiger partial charge < -0.3 is 15.4 Å². The smallest absolute Gasteiger partial charge is 0.416 e. The summed E-state index contributed by atoms with van der Waals surface area (Å²) < 4.78 is 86.9. The number of nitrogens with zero attached hydrogens (tertiary/aromatic N) is 1. The van der Waals surface area contributed by atoms with Gasteiger partial charge >= 0.3 is 24.4 Å². The zero-order chi connectivity index (χ0) is 29.5. The number of rotatable bonds is 9. The first-order valence-corrected chi connectivity index (χ1v) is 12.3. The number of urea groups is 1. The van der Waals surface area contributed by atoms with E-state index in [0.29, 0.717) is 12.1 Å². The number of nitrogens with one attached hydrogen (secondary N) is 2. The molecule has 12 heteroatoms. The molecule has 214 valence electrons. The summed E-state index contributed by atoms with van der Waals surface area (Å²) in [6, 6.07) is 11.1. The van der Waals surface area contributed by atoms with Crippen LogP contribution in [0.15, 0.2) is 60.7 Å². The number of carbonyl (C=O) groups excluding carboxylic acids is 2. The molecule has 2 amide bonds. The molecule has 1 aromatic heterocycles. The molecular formula is C28H27F6N3O3. The van der Waals surface area contributed by atoms with Gasteiger partial charge in [-0.05, 0) is 48.7 Å². The second-order valence-corrected chi connectivity index (χ2v) is 8.79. The Balaban J connectivity index is 2.05. The fraction of sp³-hybridized carbons (Fsp3) is 0.321. The summed E-state index contributed by atoms with van der Waals surface area (Å²) in [4.78, 5) is 28.8. The van der Waals surface area contributed by atoms with Gasteiger partial charge in [0.1, 0.15) is 0 Å². The van der Waals surface area contributed by atoms with Crippen molar-refractivity contribution in [3.05, 3.63) is 88.6 Å². The second kappa shape index (κ2) is 12.8. The number of esters is 1. The van der Waals surface area contributed by atoms with E-state index in [4.69, 9.17) is 4.74 Å². The van der Waals surface area contributed by atoms with Crippen LogP contribution in [0.2, 0.25) is 0 Å². The van der Waals surface area contributed by atoms with Gasteiger partial charge in [0.15, 0.2) is 0 Å². The maximum absolute atomic E-state index is 13.7. The summed E-state index contributed by atoms with van der Waals surface area (Å²) in [5, 5.41) is 5.23. The molecule has 0 aliphatic carbocycles. The fourth-order valence-corrected chi connectivity index (χ4v) is 3.99. The molecule has 2 aromatic carbocycles. The Kier molecular flexibility index (Phi) is 9.78. The molecule has 0 aliphatic heterocycles. The van der Waals surface area contributed by atoms with Crippen LogP contribution in [0.5, 0.6) is 0 Å². The van der Waals surface area contributed by atoms with Crippen molar-refractivity contribution in [3.63, 3.8) is 0 Å². The first kappa shape index (κ1) is 30.5. The number of ether oxygens (including phenoxy) is 1. The van der Waals surface area contributed by atoms with E-state index in [-0.39, 0.29) is 42.1 Å². The van der Waals surface area contributed by atoms with E-state index >= 15 is 0 Å². The summed E-state index contributed by atoms with van der Waals surface area (Å²) >= 11 is 0. The van der Waals surface area contributed by atoms with Gasteiger partial charge in [0.2, 0.25) is 0 Å². The Bertz CT molecular complexity index is 1330. The molecule has 0 saturated heterocycles. The summed E-state index contributed by atoms with van der Waals surface area (Å²) in [5.41, 5.74) is -2.11. The van der Waals surface area contributed by atoms with Crippen molar-refractivity contribution >= 4 is 12.0 Å². The standard InChI is InChI=1S/C28H27F6N3O3/c1-3-23(37-26(39)35-16-17-8-6-5-7-9-17)22-13-18(27(29,30)31)10-11-21(22)24-14-19(28(32,33)34)12-20(36-24)15-25(38)40-4-2/h5-14,23H,3-4,15-16H2,1-2H3,(H2,35,37,39). The highest BCUT2D eigenvalue weighted by Gasteiger charge is 2.34. The van der Waals surface area contributed by atoms with Crippen LogP contribution < -0.4 is 10.6 Å². The maximum Gasteiger partial charge on any atom is 0.416 e. The van der Waals surface area contributed by atoms with Gasteiger partial charge in [-0.1, -0.05) is 43.3 Å². The quantitative estimate of drug-likeness (QED) is 0.219. The average Bonchev–Trinajstić information content (AvgIpc) is 2.89. The molecule has 2 N–H and O–H groups in total. The van der Waals surface area contributed by atoms with Crippen LogP contribution in [0.3, 0.4) is 0 Å². The molecule has 3 aromatic rings. The monoisotopic (exact) mass is 567 g/mol. The maximum atomic E-state index is 13.7. The average molecular weight is 568 g/mol. The number of benzene rings is 2. The lowest BCUT2D eigenvalue weighted by molar-refractivity contribution is -0.143. The zero-order valence-electron chi connectivity index (χ0n) is 21.6. The van der Waals surface area contributed by atoms with Crippen LogP contribution in [0, 0.1) is 0 Å². The van der Waals surface area contributed by atoms with Crippen LogP contribution in [0.1, 0.15) is 54.3 Å². The van der Waals surface area contributed by atoms with E-state index < -0.39 is 47.9 Å². The number of hydrogen-bond donors (Lipinski definition) is 2. The topological polar surface area (TPSA) is 80.3 Å². The molecule has 0 fully saturated rings. The van der Waals surface area contributed by atoms with Crippen molar-refractivity contribution in [2.24, 2.45) is 0 Å². The minimum atomic E-state index is -4.83. The first-order chi connectivity index (χ1) is 18.8. The van der Waals surface area contributed by atoms with Crippen molar-refractivity contribution < 1.29 is 40.7 Å². The number of amides is 2. The summed E-state index contributed by atoms with van der Waals surface area (Å²) in [7, 11) is 0. The number of hydrogen-bond acceptors (Lipinski definition) is 4. The largest absolute Gasteiger partial charge is 0.466 e. The minimum absolute atomic E-state index is 0.00386. The molecule has 1 unspecified atom stereocenters. The van der Waals surface area contributed by atoms with Crippen molar-refractivity contribution in [2.75, 3.05) is 6.61 Å². The number of pyridine rings is 1. The molecule has 0 aliphatic rings. The van der Waals surface area contributed by atoms with Gasteiger partial charge in [-0.2, -0.15) is 26.3 Å². The predicted octanol–water partition coefficient (Wildman–Crippen LogP) is 6.84. The normalized spacial score (nSPS) is 12.5. The summed E-state index contributed by atoms with van der Waals surface area (Å²) in [6.07, 6.45) is -10.0. The molecule has 0 saturated carbocycles. The Morgan fingerprint density at radius 2 is 1.57 bits per heavy atom. The van der Waals surface area contributed by atoms with Crippen molar-refractivity contribution in [3.8, 4) is 11.3 Å². The lowest BCUT2D eigenvalue weighted by Crippen LogP contribution is -2.37. The third-order valence-electron chi connectivity index (χ3n) is 5.88. The number of halogens is 6. The van der Waals surface area contributed by atoms with E-state index in [1.807, 2.05) is 0 Å². The molecule has 1 heterocycles. The molecule has 0 spiro atoms. The summed E-state index contributed by atoms with van der Waals surface area (Å²) in [6.45, 7) is 3.29. The van der Waals surface area contributed by atoms with E-state index in [1.54, 1.807) is 37.3 Å². The molecule has 1 atom stereocenters. The predicted molar refractivity (Wildman–Crippen MR) is 135 cm³/mol. The van der Waals surface area contributed by atoms with E-state index in [1.165, 1.54) is 6.92 Å². The zero-order valence-corrected chi connectivity index (χ0v) is 21.6. The van der Waals surface area contributed by atoms with Gasteiger partial charge in [0.25, 0.3) is 0 Å². The van der Waals surface area contributed by atoms with Crippen LogP contribution in [0.25, 0.3) is 11.3 Å². The van der Waals surface area contributed by atoms with Gasteiger partial charge in [-0.3, -0.25) is 9.78 Å². The van der Waals surface area contributed by atoms with Gasteiger partial charge in [-0.25, -0.2) is 4.79 Å². The van der Waals surface area contributed by atoms with E-state index in [2.05, 4.69) is 15.6 Å². The van der Waals surface area contributed by atoms with Crippen LogP contribution in [0.4, 0.5) is 31.1 Å². The molecule has 40 heavy (non-hydrogen) atoms. The second-order valence-electron chi connectivity index (χ2n) is 8.79. The van der Waals surface area contributed by atoms with Crippen molar-refractivity contribution in [2.45, 2.75) is 51.6 Å². The molecule has 0 bridgehead atoms. The summed E-state index contributed by atoms with van der Waals surface area (Å²) in [5.74, 6) is -0.809. The Morgan fingerprint density at radius 3 is 2.17 bits per heavy atom. The third-order valence-corrected chi connectivity index (χ3v) is 5.88. The van der Waals surface area contributed by atoms with Crippen LogP contribution in [-0.2, 0) is 34.8 Å². The highest BCUT2D eigenvalue weighted by atomic mass is 19.4. The number of carbonyl (C=O) groups is 2. The third kappa shape index (κ3) is 8.20. The molecule has 0 radical (unpaired) electrons. The molecular weight excluding hydrogens is 540 g/mol. The lowest BCUT2D eigenvalue weighted by atomic mass is 9.93. The first-order valence-electron chi connectivity index (χ1n) is 12.3.